The molecular weight excluding hydrogens is 328 g/mol. The summed E-state index contributed by atoms with van der Waals surface area (Å²) in [5.41, 5.74) is 2.86. The molecule has 2 N–H and O–H groups in total. The van der Waals surface area contributed by atoms with E-state index in [2.05, 4.69) is 15.2 Å². The largest absolute Gasteiger partial charge is 0.385 e. The number of H-pyrrole nitrogens is 1. The van der Waals surface area contributed by atoms with Gasteiger partial charge in [0.15, 0.2) is 5.65 Å². The minimum atomic E-state index is -0.868. The number of likely N-dealkylation sites (tertiary alicyclic amines) is 1. The van der Waals surface area contributed by atoms with E-state index < -0.39 is 5.60 Å². The zero-order valence-electron chi connectivity index (χ0n) is 15.0. The number of nitrogens with one attached hydrogen (secondary N) is 1. The summed E-state index contributed by atoms with van der Waals surface area (Å²) in [5, 5.41) is 18.9. The summed E-state index contributed by atoms with van der Waals surface area (Å²) in [6.07, 6.45) is 1.06. The van der Waals surface area contributed by atoms with Crippen molar-refractivity contribution in [2.24, 2.45) is 0 Å². The predicted octanol–water partition coefficient (Wildman–Crippen LogP) is 2.70. The molecule has 1 aliphatic rings. The van der Waals surface area contributed by atoms with E-state index in [4.69, 9.17) is 0 Å². The Balaban J connectivity index is 1.59. The summed E-state index contributed by atoms with van der Waals surface area (Å²) in [5.74, 6) is -0.0277. The fourth-order valence-corrected chi connectivity index (χ4v) is 3.76. The van der Waals surface area contributed by atoms with Crippen molar-refractivity contribution in [3.8, 4) is 0 Å². The van der Waals surface area contributed by atoms with Crippen LogP contribution in [-0.2, 0) is 5.60 Å². The first-order valence-corrected chi connectivity index (χ1v) is 8.87. The van der Waals surface area contributed by atoms with E-state index in [0.717, 1.165) is 22.3 Å². The molecule has 26 heavy (non-hydrogen) atoms. The first-order valence-electron chi connectivity index (χ1n) is 8.87. The van der Waals surface area contributed by atoms with E-state index in [0.29, 0.717) is 37.1 Å². The van der Waals surface area contributed by atoms with Gasteiger partial charge in [0, 0.05) is 24.5 Å². The lowest BCUT2D eigenvalue weighted by molar-refractivity contribution is -0.0211. The van der Waals surface area contributed by atoms with Crippen LogP contribution in [0, 0.1) is 13.8 Å². The van der Waals surface area contributed by atoms with E-state index >= 15 is 0 Å². The molecule has 0 atom stereocenters. The number of aromatic amines is 1. The number of rotatable bonds is 2. The van der Waals surface area contributed by atoms with E-state index in [1.54, 1.807) is 0 Å². The molecule has 4 rings (SSSR count). The van der Waals surface area contributed by atoms with Gasteiger partial charge in [-0.05, 0) is 38.3 Å². The number of aliphatic hydroxyl groups is 1. The van der Waals surface area contributed by atoms with Crippen molar-refractivity contribution < 1.29 is 9.90 Å². The van der Waals surface area contributed by atoms with Crippen LogP contribution in [0.2, 0.25) is 0 Å². The molecule has 0 radical (unpaired) electrons. The summed E-state index contributed by atoms with van der Waals surface area (Å²) in [6.45, 7) is 4.80. The van der Waals surface area contributed by atoms with E-state index in [9.17, 15) is 9.90 Å². The van der Waals surface area contributed by atoms with Gasteiger partial charge in [-0.25, -0.2) is 4.98 Å². The van der Waals surface area contributed by atoms with Crippen molar-refractivity contribution >= 4 is 16.9 Å². The third kappa shape index (κ3) is 2.76. The lowest BCUT2D eigenvalue weighted by Crippen LogP contribution is -2.45. The maximum Gasteiger partial charge on any atom is 0.254 e. The highest BCUT2D eigenvalue weighted by atomic mass is 16.3. The molecule has 0 saturated carbocycles. The van der Waals surface area contributed by atoms with Gasteiger partial charge in [0.1, 0.15) is 0 Å². The average molecular weight is 350 g/mol. The maximum absolute atomic E-state index is 13.1. The molecule has 6 nitrogen and oxygen atoms in total. The topological polar surface area (TPSA) is 82.1 Å². The predicted molar refractivity (Wildman–Crippen MR) is 98.8 cm³/mol. The second-order valence-electron chi connectivity index (χ2n) is 7.05. The van der Waals surface area contributed by atoms with Crippen LogP contribution in [0.3, 0.4) is 0 Å². The molecule has 0 bridgehead atoms. The highest BCUT2D eigenvalue weighted by Crippen LogP contribution is 2.33. The first-order chi connectivity index (χ1) is 12.5. The summed E-state index contributed by atoms with van der Waals surface area (Å²) in [6, 6.07) is 11.5. The van der Waals surface area contributed by atoms with Crippen molar-refractivity contribution in [1.82, 2.24) is 20.1 Å². The van der Waals surface area contributed by atoms with Crippen LogP contribution in [0.1, 0.15) is 40.2 Å². The van der Waals surface area contributed by atoms with Gasteiger partial charge >= 0.3 is 0 Å². The van der Waals surface area contributed by atoms with Crippen LogP contribution in [-0.4, -0.2) is 44.2 Å². The molecule has 1 fully saturated rings. The molecule has 1 saturated heterocycles. The van der Waals surface area contributed by atoms with Crippen LogP contribution < -0.4 is 0 Å². The smallest absolute Gasteiger partial charge is 0.254 e. The van der Waals surface area contributed by atoms with Crippen LogP contribution >= 0.6 is 0 Å². The van der Waals surface area contributed by atoms with Crippen LogP contribution in [0.25, 0.3) is 11.0 Å². The fraction of sp³-hybridized carbons (Fsp3) is 0.350. The fourth-order valence-electron chi connectivity index (χ4n) is 3.76. The third-order valence-corrected chi connectivity index (χ3v) is 5.25. The first kappa shape index (κ1) is 16.7. The summed E-state index contributed by atoms with van der Waals surface area (Å²) >= 11 is 0. The monoisotopic (exact) mass is 350 g/mol. The normalized spacial score (nSPS) is 16.8. The molecule has 3 aromatic rings. The van der Waals surface area contributed by atoms with Gasteiger partial charge in [-0.15, -0.1) is 0 Å². The number of benzene rings is 1. The summed E-state index contributed by atoms with van der Waals surface area (Å²) < 4.78 is 0. The number of amides is 1. The number of hydrogen-bond donors (Lipinski definition) is 2. The minimum Gasteiger partial charge on any atom is -0.385 e. The molecule has 1 amide bonds. The maximum atomic E-state index is 13.1. The Morgan fingerprint density at radius 3 is 2.58 bits per heavy atom. The van der Waals surface area contributed by atoms with Crippen LogP contribution in [0.5, 0.6) is 0 Å². The number of aryl methyl sites for hydroxylation is 2. The quantitative estimate of drug-likeness (QED) is 0.744. The summed E-state index contributed by atoms with van der Waals surface area (Å²) in [7, 11) is 0. The molecular formula is C20H22N4O2. The van der Waals surface area contributed by atoms with Gasteiger partial charge in [0.05, 0.1) is 16.6 Å². The van der Waals surface area contributed by atoms with Crippen LogP contribution in [0.15, 0.2) is 36.4 Å². The molecule has 1 aromatic carbocycles. The van der Waals surface area contributed by atoms with Crippen molar-refractivity contribution in [3.05, 3.63) is 58.9 Å². The second kappa shape index (κ2) is 6.21. The Morgan fingerprint density at radius 2 is 1.88 bits per heavy atom. The number of fused-ring (bicyclic) bond motifs is 1. The molecule has 6 heteroatoms. The van der Waals surface area contributed by atoms with Gasteiger partial charge < -0.3 is 10.0 Å². The number of pyridine rings is 1. The Bertz CT molecular complexity index is 957. The molecule has 1 aliphatic heterocycles. The lowest BCUT2D eigenvalue weighted by Gasteiger charge is -2.38. The molecule has 2 aromatic heterocycles. The van der Waals surface area contributed by atoms with Crippen molar-refractivity contribution in [3.63, 3.8) is 0 Å². The molecule has 0 unspecified atom stereocenters. The standard InChI is InChI=1S/C20H22N4O2/c1-13-12-16(17-14(2)22-23-18(17)21-13)19(25)24-10-8-20(26,9-11-24)15-6-4-3-5-7-15/h3-7,12,26H,8-11H2,1-2H3,(H,21,22,23). The Hall–Kier alpha value is -2.73. The average Bonchev–Trinajstić information content (AvgIpc) is 3.02. The third-order valence-electron chi connectivity index (χ3n) is 5.25. The zero-order valence-corrected chi connectivity index (χ0v) is 15.0. The highest BCUT2D eigenvalue weighted by molar-refractivity contribution is 6.06. The number of carbonyl (C=O) groups is 1. The number of piperidine rings is 1. The number of nitrogens with zero attached hydrogens (tertiary/aromatic N) is 3. The van der Waals surface area contributed by atoms with Gasteiger partial charge in [-0.1, -0.05) is 30.3 Å². The van der Waals surface area contributed by atoms with Crippen LogP contribution in [0.4, 0.5) is 0 Å². The van der Waals surface area contributed by atoms with E-state index in [1.165, 1.54) is 0 Å². The van der Waals surface area contributed by atoms with Crippen molar-refractivity contribution in [1.29, 1.82) is 0 Å². The van der Waals surface area contributed by atoms with E-state index in [1.807, 2.05) is 55.1 Å². The Kier molecular flexibility index (Phi) is 4.00. The zero-order chi connectivity index (χ0) is 18.3. The van der Waals surface area contributed by atoms with Crippen molar-refractivity contribution in [2.75, 3.05) is 13.1 Å². The molecule has 0 aliphatic carbocycles. The lowest BCUT2D eigenvalue weighted by atomic mass is 9.84. The second-order valence-corrected chi connectivity index (χ2v) is 7.05. The van der Waals surface area contributed by atoms with E-state index in [-0.39, 0.29) is 5.91 Å². The Labute approximate surface area is 151 Å². The van der Waals surface area contributed by atoms with Gasteiger partial charge in [-0.2, -0.15) is 5.10 Å². The number of carbonyl (C=O) groups excluding carboxylic acids is 1. The summed E-state index contributed by atoms with van der Waals surface area (Å²) in [4.78, 5) is 19.4. The molecule has 0 spiro atoms. The van der Waals surface area contributed by atoms with Gasteiger partial charge in [0.25, 0.3) is 5.91 Å². The minimum absolute atomic E-state index is 0.0277. The van der Waals surface area contributed by atoms with Gasteiger partial charge in [-0.3, -0.25) is 9.89 Å². The SMILES string of the molecule is Cc1cc(C(=O)N2CCC(O)(c3ccccc3)CC2)c2c(C)[nH]nc2n1. The van der Waals surface area contributed by atoms with Gasteiger partial charge in [0.2, 0.25) is 0 Å². The number of aromatic nitrogens is 3. The number of hydrogen-bond acceptors (Lipinski definition) is 4. The molecule has 134 valence electrons. The van der Waals surface area contributed by atoms with Crippen molar-refractivity contribution in [2.45, 2.75) is 32.3 Å². The Morgan fingerprint density at radius 1 is 1.19 bits per heavy atom. The molecule has 3 heterocycles. The highest BCUT2D eigenvalue weighted by Gasteiger charge is 2.36.